The van der Waals surface area contributed by atoms with Gasteiger partial charge < -0.3 is 24.1 Å². The van der Waals surface area contributed by atoms with Crippen LogP contribution in [0.25, 0.3) is 0 Å². The quantitative estimate of drug-likeness (QED) is 0.229. The van der Waals surface area contributed by atoms with Crippen LogP contribution < -0.4 is 88.7 Å². The van der Waals surface area contributed by atoms with Gasteiger partial charge in [0.2, 0.25) is 0 Å². The Morgan fingerprint density at radius 3 is 1.70 bits per heavy atom. The summed E-state index contributed by atoms with van der Waals surface area (Å²) in [5.74, 6) is -5.47. The molecule has 20 heavy (non-hydrogen) atoms. The Morgan fingerprint density at radius 1 is 1.05 bits per heavy atom. The van der Waals surface area contributed by atoms with Crippen LogP contribution in [0.15, 0.2) is 0 Å². The zero-order valence-corrected chi connectivity index (χ0v) is 18.0. The molecule has 1 unspecified atom stereocenters. The summed E-state index contributed by atoms with van der Waals surface area (Å²) in [4.78, 5) is 48.1. The van der Waals surface area contributed by atoms with E-state index in [1.54, 1.807) is 0 Å². The first-order chi connectivity index (χ1) is 7.46. The van der Waals surface area contributed by atoms with Crippen LogP contribution in [-0.2, 0) is 23.5 Å². The van der Waals surface area contributed by atoms with E-state index in [4.69, 9.17) is 20.0 Å². The molecule has 10 nitrogen and oxygen atoms in total. The third kappa shape index (κ3) is 13.2. The molecule has 1 atom stereocenters. The molecule has 0 aliphatic rings. The van der Waals surface area contributed by atoms with Crippen molar-refractivity contribution in [1.29, 1.82) is 0 Å². The fourth-order valence-electron chi connectivity index (χ4n) is 0.868. The van der Waals surface area contributed by atoms with Crippen LogP contribution in [0.2, 0.25) is 0 Å². The molecule has 104 valence electrons. The summed E-state index contributed by atoms with van der Waals surface area (Å²) < 4.78 is 13.7. The van der Waals surface area contributed by atoms with Gasteiger partial charge in [0.05, 0.1) is 12.8 Å². The zero-order chi connectivity index (χ0) is 13.9. The van der Waals surface area contributed by atoms with E-state index in [-0.39, 0.29) is 93.0 Å². The minimum Gasteiger partial charge on any atom is -1.00 e. The minimum absolute atomic E-state index is 0. The van der Waals surface area contributed by atoms with Crippen molar-refractivity contribution in [1.82, 2.24) is 0 Å². The largest absolute Gasteiger partial charge is 1.00 e. The molecule has 0 aliphatic heterocycles. The Hall–Kier alpha value is 1.52. The van der Waals surface area contributed by atoms with Gasteiger partial charge in [-0.2, -0.15) is 0 Å². The summed E-state index contributed by atoms with van der Waals surface area (Å²) in [6.07, 6.45) is -2.72. The molecule has 0 bridgehead atoms. The van der Waals surface area contributed by atoms with E-state index < -0.39 is 44.2 Å². The molecule has 0 spiro atoms. The van der Waals surface area contributed by atoms with Gasteiger partial charge >= 0.3 is 114 Å². The van der Waals surface area contributed by atoms with Crippen LogP contribution in [0, 0.1) is 0 Å². The smallest absolute Gasteiger partial charge is 1.00 e. The molecule has 14 heteroatoms. The Labute approximate surface area is 183 Å². The summed E-state index contributed by atoms with van der Waals surface area (Å²) in [7, 11) is -5.17. The summed E-state index contributed by atoms with van der Waals surface area (Å²) >= 11 is 0. The predicted octanol–water partition coefficient (Wildman–Crippen LogP) is -10.3. The first-order valence-corrected chi connectivity index (χ1v) is 5.45. The fraction of sp³-hybridized carbons (Fsp3) is 0.500. The zero-order valence-electron chi connectivity index (χ0n) is 14.1. The van der Waals surface area contributed by atoms with Crippen LogP contribution >= 0.6 is 7.82 Å². The Morgan fingerprint density at radius 2 is 1.45 bits per heavy atom. The molecular formula is C6H12Na3O10P. The number of aliphatic carboxylic acids is 2. The number of carbonyl (C=O) groups is 3. The van der Waals surface area contributed by atoms with Gasteiger partial charge in [-0.3, -0.25) is 19.4 Å². The molecule has 5 N–H and O–H groups in total. The minimum atomic E-state index is -5.17. The summed E-state index contributed by atoms with van der Waals surface area (Å²) in [5.41, 5.74) is -2.99. The molecular weight excluding hydrogens is 332 g/mol. The molecule has 0 aromatic heterocycles. The second-order valence-electron chi connectivity index (χ2n) is 3.04. The molecule has 0 aromatic carbocycles. The van der Waals surface area contributed by atoms with Gasteiger partial charge in [-0.1, -0.05) is 0 Å². The van der Waals surface area contributed by atoms with E-state index in [0.29, 0.717) is 0 Å². The number of carboxylic acids is 2. The second kappa shape index (κ2) is 12.0. The van der Waals surface area contributed by atoms with Crippen molar-refractivity contribution < 1.29 is 142 Å². The summed E-state index contributed by atoms with van der Waals surface area (Å²) in [6.45, 7) is 0. The van der Waals surface area contributed by atoms with E-state index in [1.165, 1.54) is 0 Å². The van der Waals surface area contributed by atoms with Crippen molar-refractivity contribution in [2.24, 2.45) is 0 Å². The molecule has 0 saturated carbocycles. The van der Waals surface area contributed by atoms with E-state index in [2.05, 4.69) is 4.52 Å². The van der Waals surface area contributed by atoms with Crippen molar-refractivity contribution in [2.75, 3.05) is 0 Å². The van der Waals surface area contributed by atoms with Crippen molar-refractivity contribution in [3.05, 3.63) is 0 Å². The number of hydrogen-bond donors (Lipinski definition) is 5. The Balaban J connectivity index is -0.0000000853. The number of rotatable bonds is 6. The topological polar surface area (TPSA) is 179 Å². The maximum absolute atomic E-state index is 10.8. The SMILES string of the molecule is O=C(O)CC(O)(CC(=O)OP(=O)(O)O)C(=O)O.[H-].[H-].[H-].[Na+].[Na+].[Na+]. The number of phosphoric acid groups is 1. The second-order valence-corrected chi connectivity index (χ2v) is 4.20. The van der Waals surface area contributed by atoms with Gasteiger partial charge in [0.1, 0.15) is 0 Å². The summed E-state index contributed by atoms with van der Waals surface area (Å²) in [5, 5.41) is 26.1. The van der Waals surface area contributed by atoms with Crippen molar-refractivity contribution in [2.45, 2.75) is 18.4 Å². The average Bonchev–Trinajstić information content (AvgIpc) is 1.96. The predicted molar refractivity (Wildman–Crippen MR) is 50.9 cm³/mol. The first kappa shape index (κ1) is 29.5. The van der Waals surface area contributed by atoms with Crippen LogP contribution in [0.5, 0.6) is 0 Å². The van der Waals surface area contributed by atoms with Crippen LogP contribution in [0.1, 0.15) is 17.1 Å². The van der Waals surface area contributed by atoms with Gasteiger partial charge in [0, 0.05) is 0 Å². The Bertz CT molecular complexity index is 407. The van der Waals surface area contributed by atoms with Crippen LogP contribution in [0.4, 0.5) is 0 Å². The van der Waals surface area contributed by atoms with Gasteiger partial charge in [0.25, 0.3) is 0 Å². The van der Waals surface area contributed by atoms with Gasteiger partial charge in [-0.15, -0.1) is 0 Å². The fourth-order valence-corrected chi connectivity index (χ4v) is 1.20. The maximum Gasteiger partial charge on any atom is 1.00 e. The number of carboxylic acid groups (broad SMARTS) is 2. The standard InChI is InChI=1S/C6H9O10P.3Na.3H/c7-3(8)1-6(12,5(10)11)2-4(9)16-17(13,14)15;;;;;;/h12H,1-2H2,(H,7,8)(H,10,11)(H2,13,14,15);;;;;;/q;3*+1;3*-1. The van der Waals surface area contributed by atoms with E-state index in [9.17, 15) is 24.1 Å². The molecule has 0 fully saturated rings. The summed E-state index contributed by atoms with van der Waals surface area (Å²) in [6, 6.07) is 0. The average molecular weight is 344 g/mol. The normalized spacial score (nSPS) is 12.6. The van der Waals surface area contributed by atoms with Gasteiger partial charge in [-0.25, -0.2) is 9.36 Å². The number of carbonyl (C=O) groups excluding carboxylic acids is 1. The molecule has 0 radical (unpaired) electrons. The van der Waals surface area contributed by atoms with E-state index in [0.717, 1.165) is 0 Å². The maximum atomic E-state index is 10.8. The molecule has 0 heterocycles. The third-order valence-electron chi connectivity index (χ3n) is 1.50. The van der Waals surface area contributed by atoms with Crippen LogP contribution in [-0.4, -0.2) is 48.6 Å². The van der Waals surface area contributed by atoms with Crippen molar-refractivity contribution in [3.8, 4) is 0 Å². The molecule has 0 aliphatic carbocycles. The van der Waals surface area contributed by atoms with Gasteiger partial charge in [0.15, 0.2) is 5.60 Å². The molecule has 0 saturated heterocycles. The monoisotopic (exact) mass is 344 g/mol. The van der Waals surface area contributed by atoms with Crippen molar-refractivity contribution in [3.63, 3.8) is 0 Å². The number of aliphatic hydroxyl groups is 1. The number of phosphoric ester groups is 1. The molecule has 0 amide bonds. The van der Waals surface area contributed by atoms with Crippen molar-refractivity contribution >= 4 is 25.7 Å². The van der Waals surface area contributed by atoms with Crippen LogP contribution in [0.3, 0.4) is 0 Å². The number of hydrogen-bond acceptors (Lipinski definition) is 6. The first-order valence-electron chi connectivity index (χ1n) is 3.92. The van der Waals surface area contributed by atoms with E-state index >= 15 is 0 Å². The molecule has 0 rings (SSSR count). The molecule has 0 aromatic rings. The third-order valence-corrected chi connectivity index (χ3v) is 1.94. The van der Waals surface area contributed by atoms with Gasteiger partial charge in [-0.05, 0) is 0 Å². The Kier molecular flexibility index (Phi) is 17.7. The van der Waals surface area contributed by atoms with E-state index in [1.807, 2.05) is 0 Å².